The predicted molar refractivity (Wildman–Crippen MR) is 93.9 cm³/mol. The van der Waals surface area contributed by atoms with Crippen LogP contribution >= 0.6 is 0 Å². The highest BCUT2D eigenvalue weighted by molar-refractivity contribution is 5.41. The van der Waals surface area contributed by atoms with Crippen LogP contribution in [-0.4, -0.2) is 4.98 Å². The number of aromatic nitrogens is 1. The molecule has 0 spiro atoms. The Balaban J connectivity index is 1.92. The highest BCUT2D eigenvalue weighted by Crippen LogP contribution is 2.08. The van der Waals surface area contributed by atoms with Gasteiger partial charge in [0.05, 0.1) is 0 Å². The Morgan fingerprint density at radius 2 is 1.59 bits per heavy atom. The standard InChI is InChI=1S/C21H25N/c1-3-5-6-7-8-20-14-16-21(22-17-20)15-13-19-11-9-18(4-2)10-12-19/h9-12,14,16-17H,3-8H2,1-2H3. The van der Waals surface area contributed by atoms with Gasteiger partial charge in [0.25, 0.3) is 0 Å². The van der Waals surface area contributed by atoms with Gasteiger partial charge in [-0.3, -0.25) is 0 Å². The molecule has 2 rings (SSSR count). The molecule has 0 saturated carbocycles. The van der Waals surface area contributed by atoms with Gasteiger partial charge < -0.3 is 0 Å². The van der Waals surface area contributed by atoms with Crippen molar-refractivity contribution in [3.63, 3.8) is 0 Å². The zero-order chi connectivity index (χ0) is 15.6. The maximum absolute atomic E-state index is 4.45. The van der Waals surface area contributed by atoms with Crippen LogP contribution in [0.5, 0.6) is 0 Å². The van der Waals surface area contributed by atoms with Gasteiger partial charge in [0.2, 0.25) is 0 Å². The van der Waals surface area contributed by atoms with E-state index in [1.54, 1.807) is 0 Å². The summed E-state index contributed by atoms with van der Waals surface area (Å²) in [5.41, 5.74) is 4.55. The second-order valence-corrected chi connectivity index (χ2v) is 5.66. The largest absolute Gasteiger partial charge is 0.248 e. The summed E-state index contributed by atoms with van der Waals surface area (Å²) in [5, 5.41) is 0. The van der Waals surface area contributed by atoms with Crippen molar-refractivity contribution in [1.82, 2.24) is 4.98 Å². The molecule has 22 heavy (non-hydrogen) atoms. The summed E-state index contributed by atoms with van der Waals surface area (Å²) < 4.78 is 0. The summed E-state index contributed by atoms with van der Waals surface area (Å²) >= 11 is 0. The normalized spacial score (nSPS) is 10.1. The lowest BCUT2D eigenvalue weighted by Gasteiger charge is -2.00. The van der Waals surface area contributed by atoms with Crippen LogP contribution in [0.3, 0.4) is 0 Å². The molecule has 0 saturated heterocycles. The summed E-state index contributed by atoms with van der Waals surface area (Å²) in [7, 11) is 0. The highest BCUT2D eigenvalue weighted by atomic mass is 14.7. The first-order chi connectivity index (χ1) is 10.8. The van der Waals surface area contributed by atoms with E-state index in [1.165, 1.54) is 36.8 Å². The third-order valence-electron chi connectivity index (χ3n) is 3.84. The summed E-state index contributed by atoms with van der Waals surface area (Å²) in [6, 6.07) is 12.6. The van der Waals surface area contributed by atoms with Gasteiger partial charge in [0.15, 0.2) is 0 Å². The van der Waals surface area contributed by atoms with Gasteiger partial charge in [-0.25, -0.2) is 4.98 Å². The van der Waals surface area contributed by atoms with E-state index in [1.807, 2.05) is 12.3 Å². The SMILES string of the molecule is CCCCCCc1ccc(C#Cc2ccc(CC)cc2)nc1. The lowest BCUT2D eigenvalue weighted by Crippen LogP contribution is -1.89. The second kappa shape index (κ2) is 9.05. The van der Waals surface area contributed by atoms with E-state index < -0.39 is 0 Å². The predicted octanol–water partition coefficient (Wildman–Crippen LogP) is 5.17. The molecule has 114 valence electrons. The van der Waals surface area contributed by atoms with Crippen molar-refractivity contribution >= 4 is 0 Å². The van der Waals surface area contributed by atoms with Gasteiger partial charge in [0, 0.05) is 11.8 Å². The Morgan fingerprint density at radius 1 is 0.818 bits per heavy atom. The van der Waals surface area contributed by atoms with Crippen molar-refractivity contribution in [3.8, 4) is 11.8 Å². The first-order valence-electron chi connectivity index (χ1n) is 8.37. The highest BCUT2D eigenvalue weighted by Gasteiger charge is 1.95. The van der Waals surface area contributed by atoms with E-state index in [-0.39, 0.29) is 0 Å². The Labute approximate surface area is 134 Å². The fourth-order valence-electron chi connectivity index (χ4n) is 2.36. The van der Waals surface area contributed by atoms with Crippen LogP contribution in [-0.2, 0) is 12.8 Å². The molecule has 1 aromatic carbocycles. The topological polar surface area (TPSA) is 12.9 Å². The Hall–Kier alpha value is -2.07. The number of unbranched alkanes of at least 4 members (excludes halogenated alkanes) is 3. The fourth-order valence-corrected chi connectivity index (χ4v) is 2.36. The van der Waals surface area contributed by atoms with Crippen LogP contribution in [0.15, 0.2) is 42.6 Å². The van der Waals surface area contributed by atoms with Gasteiger partial charge in [-0.1, -0.05) is 57.2 Å². The van der Waals surface area contributed by atoms with Crippen molar-refractivity contribution in [2.24, 2.45) is 0 Å². The molecular formula is C21H25N. The maximum Gasteiger partial charge on any atom is 0.113 e. The maximum atomic E-state index is 4.45. The number of nitrogens with zero attached hydrogens (tertiary/aromatic N) is 1. The minimum absolute atomic E-state index is 0.844. The third kappa shape index (κ3) is 5.37. The van der Waals surface area contributed by atoms with E-state index in [2.05, 4.69) is 61.0 Å². The Kier molecular flexibility index (Phi) is 6.71. The first-order valence-corrected chi connectivity index (χ1v) is 8.37. The Morgan fingerprint density at radius 3 is 2.23 bits per heavy atom. The van der Waals surface area contributed by atoms with Crippen molar-refractivity contribution in [2.45, 2.75) is 52.4 Å². The number of aryl methyl sites for hydroxylation is 2. The van der Waals surface area contributed by atoms with Gasteiger partial charge >= 0.3 is 0 Å². The summed E-state index contributed by atoms with van der Waals surface area (Å²) in [4.78, 5) is 4.45. The molecule has 1 nitrogen and oxygen atoms in total. The minimum Gasteiger partial charge on any atom is -0.248 e. The van der Waals surface area contributed by atoms with Crippen LogP contribution in [0.2, 0.25) is 0 Å². The molecule has 2 aromatic rings. The van der Waals surface area contributed by atoms with Crippen LogP contribution in [0, 0.1) is 11.8 Å². The number of benzene rings is 1. The third-order valence-corrected chi connectivity index (χ3v) is 3.84. The van der Waals surface area contributed by atoms with Crippen LogP contribution in [0.1, 0.15) is 61.9 Å². The van der Waals surface area contributed by atoms with Gasteiger partial charge in [-0.15, -0.1) is 0 Å². The number of hydrogen-bond acceptors (Lipinski definition) is 1. The van der Waals surface area contributed by atoms with Crippen molar-refractivity contribution in [2.75, 3.05) is 0 Å². The molecule has 0 bridgehead atoms. The van der Waals surface area contributed by atoms with E-state index in [0.717, 1.165) is 24.1 Å². The van der Waals surface area contributed by atoms with E-state index in [4.69, 9.17) is 0 Å². The average Bonchev–Trinajstić information content (AvgIpc) is 2.58. The molecule has 0 fully saturated rings. The second-order valence-electron chi connectivity index (χ2n) is 5.66. The van der Waals surface area contributed by atoms with Crippen LogP contribution in [0.4, 0.5) is 0 Å². The van der Waals surface area contributed by atoms with E-state index >= 15 is 0 Å². The molecule has 1 heterocycles. The van der Waals surface area contributed by atoms with Crippen molar-refractivity contribution in [3.05, 3.63) is 65.0 Å². The van der Waals surface area contributed by atoms with Crippen molar-refractivity contribution in [1.29, 1.82) is 0 Å². The molecule has 0 radical (unpaired) electrons. The molecule has 0 atom stereocenters. The molecule has 0 unspecified atom stereocenters. The number of rotatable bonds is 6. The molecule has 0 aliphatic rings. The van der Waals surface area contributed by atoms with Crippen LogP contribution in [0.25, 0.3) is 0 Å². The van der Waals surface area contributed by atoms with Gasteiger partial charge in [0.1, 0.15) is 5.69 Å². The summed E-state index contributed by atoms with van der Waals surface area (Å²) in [6.45, 7) is 4.40. The van der Waals surface area contributed by atoms with Gasteiger partial charge in [-0.05, 0) is 54.5 Å². The average molecular weight is 291 g/mol. The number of hydrogen-bond donors (Lipinski definition) is 0. The van der Waals surface area contributed by atoms with E-state index in [0.29, 0.717) is 0 Å². The Bertz CT molecular complexity index is 612. The molecule has 0 aliphatic heterocycles. The van der Waals surface area contributed by atoms with Crippen LogP contribution < -0.4 is 0 Å². The summed E-state index contributed by atoms with van der Waals surface area (Å²) in [5.74, 6) is 6.32. The molecule has 0 aliphatic carbocycles. The molecule has 1 heteroatoms. The zero-order valence-corrected chi connectivity index (χ0v) is 13.7. The molecule has 1 aromatic heterocycles. The lowest BCUT2D eigenvalue weighted by atomic mass is 10.1. The smallest absolute Gasteiger partial charge is 0.113 e. The van der Waals surface area contributed by atoms with Gasteiger partial charge in [-0.2, -0.15) is 0 Å². The number of pyridine rings is 1. The lowest BCUT2D eigenvalue weighted by molar-refractivity contribution is 0.666. The first kappa shape index (κ1) is 16.3. The monoisotopic (exact) mass is 291 g/mol. The minimum atomic E-state index is 0.844. The quantitative estimate of drug-likeness (QED) is 0.529. The molecular weight excluding hydrogens is 266 g/mol. The molecule has 0 N–H and O–H groups in total. The fraction of sp³-hybridized carbons (Fsp3) is 0.381. The van der Waals surface area contributed by atoms with E-state index in [9.17, 15) is 0 Å². The molecule has 0 amide bonds. The summed E-state index contributed by atoms with van der Waals surface area (Å²) in [6.07, 6.45) is 9.33. The van der Waals surface area contributed by atoms with Crippen molar-refractivity contribution < 1.29 is 0 Å². The zero-order valence-electron chi connectivity index (χ0n) is 13.7.